The summed E-state index contributed by atoms with van der Waals surface area (Å²) < 4.78 is 6.59. The van der Waals surface area contributed by atoms with E-state index in [2.05, 4.69) is 32.0 Å². The number of thiazole rings is 1. The van der Waals surface area contributed by atoms with Crippen molar-refractivity contribution in [3.05, 3.63) is 17.7 Å². The van der Waals surface area contributed by atoms with E-state index in [1.807, 2.05) is 11.0 Å². The molecule has 1 aliphatic rings. The molecule has 1 aromatic heterocycles. The molecule has 26 heavy (non-hydrogen) atoms. The summed E-state index contributed by atoms with van der Waals surface area (Å²) in [5.41, 5.74) is 2.04. The van der Waals surface area contributed by atoms with E-state index in [9.17, 15) is 4.79 Å². The molecule has 1 heterocycles. The highest BCUT2D eigenvalue weighted by atomic mass is 32.1. The van der Waals surface area contributed by atoms with Crippen molar-refractivity contribution in [2.24, 2.45) is 5.92 Å². The minimum absolute atomic E-state index is 0.157. The van der Waals surface area contributed by atoms with Crippen molar-refractivity contribution < 1.29 is 9.53 Å². The number of methoxy groups -OCH3 is 1. The van der Waals surface area contributed by atoms with Gasteiger partial charge in [0.2, 0.25) is 5.91 Å². The van der Waals surface area contributed by atoms with E-state index in [1.54, 1.807) is 18.4 Å². The van der Waals surface area contributed by atoms with Crippen molar-refractivity contribution >= 4 is 32.6 Å². The van der Waals surface area contributed by atoms with E-state index < -0.39 is 0 Å². The van der Waals surface area contributed by atoms with Crippen molar-refractivity contribution in [2.45, 2.75) is 39.0 Å². The second-order valence-electron chi connectivity index (χ2n) is 7.39. The molecular weight excluding hydrogens is 346 g/mol. The number of rotatable bonds is 7. The van der Waals surface area contributed by atoms with Crippen LogP contribution in [0, 0.1) is 12.8 Å². The van der Waals surface area contributed by atoms with Crippen molar-refractivity contribution in [2.75, 3.05) is 39.2 Å². The Labute approximate surface area is 160 Å². The zero-order valence-corrected chi connectivity index (χ0v) is 17.1. The van der Waals surface area contributed by atoms with E-state index in [4.69, 9.17) is 9.72 Å². The highest BCUT2D eigenvalue weighted by molar-refractivity contribution is 7.22. The number of carbonyl (C=O) groups excluding carboxylic acids is 1. The van der Waals surface area contributed by atoms with Gasteiger partial charge >= 0.3 is 0 Å². The molecule has 0 spiro atoms. The lowest BCUT2D eigenvalue weighted by molar-refractivity contribution is -0.122. The Bertz CT molecular complexity index is 766. The molecule has 1 saturated carbocycles. The fourth-order valence-corrected chi connectivity index (χ4v) is 4.70. The van der Waals surface area contributed by atoms with Crippen LogP contribution in [0.2, 0.25) is 0 Å². The first-order valence-corrected chi connectivity index (χ1v) is 10.2. The monoisotopic (exact) mass is 375 g/mol. The zero-order valence-electron chi connectivity index (χ0n) is 16.2. The molecule has 5 nitrogen and oxygen atoms in total. The van der Waals surface area contributed by atoms with Crippen LogP contribution in [0.25, 0.3) is 10.2 Å². The Morgan fingerprint density at radius 3 is 2.65 bits per heavy atom. The number of carbonyl (C=O) groups is 1. The molecule has 3 rings (SSSR count). The van der Waals surface area contributed by atoms with E-state index in [-0.39, 0.29) is 11.8 Å². The summed E-state index contributed by atoms with van der Waals surface area (Å²) in [5, 5.41) is 0.809. The molecule has 1 amide bonds. The topological polar surface area (TPSA) is 45.7 Å². The van der Waals surface area contributed by atoms with Crippen LogP contribution in [0.1, 0.15) is 37.7 Å². The molecule has 0 bridgehead atoms. The lowest BCUT2D eigenvalue weighted by atomic mass is 10.1. The summed E-state index contributed by atoms with van der Waals surface area (Å²) in [7, 11) is 5.80. The van der Waals surface area contributed by atoms with Crippen LogP contribution < -0.4 is 9.64 Å². The van der Waals surface area contributed by atoms with Gasteiger partial charge in [-0.15, -0.1) is 0 Å². The predicted molar refractivity (Wildman–Crippen MR) is 108 cm³/mol. The second kappa shape index (κ2) is 8.35. The van der Waals surface area contributed by atoms with Crippen molar-refractivity contribution in [3.63, 3.8) is 0 Å². The molecule has 142 valence electrons. The normalized spacial score (nSPS) is 15.1. The van der Waals surface area contributed by atoms with Crippen LogP contribution in [0.15, 0.2) is 12.1 Å². The van der Waals surface area contributed by atoms with Gasteiger partial charge in [0.1, 0.15) is 11.3 Å². The molecule has 6 heteroatoms. The fraction of sp³-hybridized carbons (Fsp3) is 0.600. The van der Waals surface area contributed by atoms with Gasteiger partial charge in [0.05, 0.1) is 11.8 Å². The molecule has 0 radical (unpaired) electrons. The Kier molecular flexibility index (Phi) is 6.14. The van der Waals surface area contributed by atoms with Gasteiger partial charge in [0.25, 0.3) is 0 Å². The first-order chi connectivity index (χ1) is 12.5. The number of ether oxygens (including phenoxy) is 1. The summed E-state index contributed by atoms with van der Waals surface area (Å²) in [6.07, 6.45) is 5.29. The predicted octanol–water partition coefficient (Wildman–Crippen LogP) is 4.09. The molecule has 0 N–H and O–H groups in total. The summed E-state index contributed by atoms with van der Waals surface area (Å²) in [5.74, 6) is 1.18. The number of nitrogens with zero attached hydrogens (tertiary/aromatic N) is 3. The highest BCUT2D eigenvalue weighted by Gasteiger charge is 2.30. The maximum atomic E-state index is 13.2. The largest absolute Gasteiger partial charge is 0.494 e. The molecule has 0 saturated heterocycles. The smallest absolute Gasteiger partial charge is 0.231 e. The van der Waals surface area contributed by atoms with Gasteiger partial charge in [0.15, 0.2) is 5.13 Å². The molecule has 1 aliphatic carbocycles. The second-order valence-corrected chi connectivity index (χ2v) is 8.36. The number of anilines is 1. The summed E-state index contributed by atoms with van der Waals surface area (Å²) in [6.45, 7) is 3.76. The van der Waals surface area contributed by atoms with Crippen molar-refractivity contribution in [1.29, 1.82) is 0 Å². The standard InChI is InChI=1S/C20H29N3O2S/c1-14-10-11-16(25-4)17-18(14)26-20(21-17)23(13-7-12-22(2)3)19(24)15-8-5-6-9-15/h10-11,15H,5-9,12-13H2,1-4H3. The van der Waals surface area contributed by atoms with Gasteiger partial charge in [-0.3, -0.25) is 9.69 Å². The number of aromatic nitrogens is 1. The highest BCUT2D eigenvalue weighted by Crippen LogP contribution is 2.38. The molecule has 0 unspecified atom stereocenters. The fourth-order valence-electron chi connectivity index (χ4n) is 3.62. The third-order valence-corrected chi connectivity index (χ3v) is 6.31. The van der Waals surface area contributed by atoms with Crippen LogP contribution in [0.5, 0.6) is 5.75 Å². The number of fused-ring (bicyclic) bond motifs is 1. The van der Waals surface area contributed by atoms with Crippen molar-refractivity contribution in [1.82, 2.24) is 9.88 Å². The third-order valence-electron chi connectivity index (χ3n) is 5.10. The number of amides is 1. The van der Waals surface area contributed by atoms with Gasteiger partial charge in [-0.25, -0.2) is 4.98 Å². The first-order valence-electron chi connectivity index (χ1n) is 9.41. The lowest BCUT2D eigenvalue weighted by Gasteiger charge is -2.24. The Morgan fingerprint density at radius 1 is 1.27 bits per heavy atom. The summed E-state index contributed by atoms with van der Waals surface area (Å²) in [6, 6.07) is 4.01. The molecular formula is C20H29N3O2S. The Balaban J connectivity index is 1.93. The van der Waals surface area contributed by atoms with E-state index in [1.165, 1.54) is 5.56 Å². The summed E-state index contributed by atoms with van der Waals surface area (Å²) in [4.78, 5) is 22.1. The Hall–Kier alpha value is -1.66. The average Bonchev–Trinajstić information content (AvgIpc) is 3.28. The van der Waals surface area contributed by atoms with Crippen LogP contribution in [-0.4, -0.2) is 50.1 Å². The first kappa shape index (κ1) is 19.1. The molecule has 0 aliphatic heterocycles. The van der Waals surface area contributed by atoms with Crippen molar-refractivity contribution in [3.8, 4) is 5.75 Å². The van der Waals surface area contributed by atoms with Gasteiger partial charge in [-0.1, -0.05) is 30.2 Å². The maximum Gasteiger partial charge on any atom is 0.231 e. The number of benzene rings is 1. The van der Waals surface area contributed by atoms with Gasteiger partial charge in [-0.2, -0.15) is 0 Å². The average molecular weight is 376 g/mol. The number of hydrogen-bond acceptors (Lipinski definition) is 5. The van der Waals surface area contributed by atoms with E-state index in [0.717, 1.165) is 59.7 Å². The SMILES string of the molecule is COc1ccc(C)c2sc(N(CCCN(C)C)C(=O)C3CCCC3)nc12. The van der Waals surface area contributed by atoms with Gasteiger partial charge < -0.3 is 9.64 Å². The van der Waals surface area contributed by atoms with E-state index >= 15 is 0 Å². The molecule has 1 aromatic carbocycles. The van der Waals surface area contributed by atoms with Gasteiger partial charge in [0, 0.05) is 12.5 Å². The quantitative estimate of drug-likeness (QED) is 0.731. The Morgan fingerprint density at radius 2 is 2.00 bits per heavy atom. The molecule has 2 aromatic rings. The van der Waals surface area contributed by atoms with Gasteiger partial charge in [-0.05, 0) is 58.5 Å². The minimum Gasteiger partial charge on any atom is -0.494 e. The van der Waals surface area contributed by atoms with Crippen LogP contribution in [0.3, 0.4) is 0 Å². The van der Waals surface area contributed by atoms with E-state index in [0.29, 0.717) is 6.54 Å². The van der Waals surface area contributed by atoms with Crippen LogP contribution >= 0.6 is 11.3 Å². The summed E-state index contributed by atoms with van der Waals surface area (Å²) >= 11 is 1.61. The number of aryl methyl sites for hydroxylation is 1. The minimum atomic E-state index is 0.157. The van der Waals surface area contributed by atoms with Crippen LogP contribution in [0.4, 0.5) is 5.13 Å². The maximum absolute atomic E-state index is 13.2. The third kappa shape index (κ3) is 4.01. The van der Waals surface area contributed by atoms with Crippen LogP contribution in [-0.2, 0) is 4.79 Å². The zero-order chi connectivity index (χ0) is 18.7. The lowest BCUT2D eigenvalue weighted by Crippen LogP contribution is -2.37. The number of hydrogen-bond donors (Lipinski definition) is 0. The molecule has 1 fully saturated rings. The molecule has 0 atom stereocenters.